The van der Waals surface area contributed by atoms with Crippen LogP contribution in [0.25, 0.3) is 11.3 Å². The minimum atomic E-state index is -3.41. The highest BCUT2D eigenvalue weighted by Gasteiger charge is 2.19. The van der Waals surface area contributed by atoms with E-state index in [-0.39, 0.29) is 17.5 Å². The van der Waals surface area contributed by atoms with Gasteiger partial charge < -0.3 is 4.90 Å². The van der Waals surface area contributed by atoms with Gasteiger partial charge in [-0.25, -0.2) is 12.8 Å². The van der Waals surface area contributed by atoms with Gasteiger partial charge >= 0.3 is 0 Å². The second-order valence-corrected chi connectivity index (χ2v) is 10.8. The van der Waals surface area contributed by atoms with Gasteiger partial charge in [-0.15, -0.1) is 0 Å². The quantitative estimate of drug-likeness (QED) is 0.363. The van der Waals surface area contributed by atoms with Crippen molar-refractivity contribution in [2.24, 2.45) is 0 Å². The van der Waals surface area contributed by atoms with Gasteiger partial charge in [0.15, 0.2) is 9.84 Å². The first kappa shape index (κ1) is 25.6. The van der Waals surface area contributed by atoms with E-state index in [9.17, 15) is 17.6 Å². The summed E-state index contributed by atoms with van der Waals surface area (Å²) in [5, 5.41) is 7.30. The van der Waals surface area contributed by atoms with Crippen molar-refractivity contribution in [3.05, 3.63) is 77.7 Å². The molecule has 1 N–H and O–H groups in total. The van der Waals surface area contributed by atoms with Gasteiger partial charge in [0, 0.05) is 24.8 Å². The number of sulfone groups is 1. The first-order valence-corrected chi connectivity index (χ1v) is 13.4. The molecule has 0 bridgehead atoms. The Kier molecular flexibility index (Phi) is 9.39. The van der Waals surface area contributed by atoms with Crippen molar-refractivity contribution in [2.75, 3.05) is 25.1 Å². The average molecular weight is 486 g/mol. The van der Waals surface area contributed by atoms with Gasteiger partial charge in [0.05, 0.1) is 11.4 Å². The van der Waals surface area contributed by atoms with Crippen LogP contribution < -0.4 is 0 Å². The normalized spacial score (nSPS) is 11.5. The number of unbranched alkanes of at least 4 members (excludes halogenated alkanes) is 2. The fourth-order valence-corrected chi connectivity index (χ4v) is 5.06. The zero-order chi connectivity index (χ0) is 24.4. The van der Waals surface area contributed by atoms with Crippen molar-refractivity contribution in [3.8, 4) is 11.3 Å². The highest BCUT2D eigenvalue weighted by molar-refractivity contribution is 7.92. The summed E-state index contributed by atoms with van der Waals surface area (Å²) in [6.45, 7) is 0.530. The van der Waals surface area contributed by atoms with Crippen LogP contribution in [0.1, 0.15) is 36.9 Å². The third-order valence-corrected chi connectivity index (χ3v) is 7.34. The molecule has 0 aliphatic rings. The lowest BCUT2D eigenvalue weighted by Crippen LogP contribution is -2.34. The van der Waals surface area contributed by atoms with Crippen molar-refractivity contribution in [3.63, 3.8) is 0 Å². The van der Waals surface area contributed by atoms with Crippen LogP contribution in [-0.2, 0) is 27.5 Å². The molecule has 1 amide bonds. The molecule has 34 heavy (non-hydrogen) atoms. The fraction of sp³-hybridized carbons (Fsp3) is 0.385. The number of rotatable bonds is 13. The minimum Gasteiger partial charge on any atom is -0.345 e. The molecule has 0 radical (unpaired) electrons. The number of halogens is 1. The van der Waals surface area contributed by atoms with Gasteiger partial charge in [-0.05, 0) is 68.0 Å². The molecule has 1 heterocycles. The molecule has 0 aliphatic carbocycles. The Labute approximate surface area is 201 Å². The number of aromatic amines is 1. The van der Waals surface area contributed by atoms with Crippen LogP contribution in [0.4, 0.5) is 4.39 Å². The van der Waals surface area contributed by atoms with E-state index in [1.54, 1.807) is 19.2 Å². The Hall–Kier alpha value is -3.00. The summed E-state index contributed by atoms with van der Waals surface area (Å²) in [5.74, 6) is -1.04. The molecule has 0 saturated heterocycles. The molecule has 3 aromatic rings. The lowest BCUT2D eigenvalue weighted by molar-refractivity contribution is -0.127. The lowest BCUT2D eigenvalue weighted by Gasteiger charge is -2.17. The molecule has 1 aromatic heterocycles. The predicted molar refractivity (Wildman–Crippen MR) is 133 cm³/mol. The average Bonchev–Trinajstić information content (AvgIpc) is 3.28. The number of carbonyl (C=O) groups excluding carboxylic acids is 1. The Morgan fingerprint density at radius 1 is 0.971 bits per heavy atom. The molecule has 0 saturated carbocycles. The van der Waals surface area contributed by atoms with E-state index in [1.807, 2.05) is 36.4 Å². The molecule has 6 nitrogen and oxygen atoms in total. The standard InChI is InChI=1S/C26H32FN3O3S/c1-30(26(31)20-34(32,33)18-8-11-21-9-4-2-5-10-21)17-7-3-6-12-24-19-25(29-28-24)22-13-15-23(27)16-14-22/h2,4-5,9-10,13-16,19H,3,6-8,11-12,17-18,20H2,1H3,(H,28,29). The predicted octanol–water partition coefficient (Wildman–Crippen LogP) is 4.43. The zero-order valence-electron chi connectivity index (χ0n) is 19.5. The lowest BCUT2D eigenvalue weighted by atomic mass is 10.1. The maximum atomic E-state index is 13.1. The van der Waals surface area contributed by atoms with Crippen LogP contribution in [0.2, 0.25) is 0 Å². The van der Waals surface area contributed by atoms with Crippen LogP contribution in [0.3, 0.4) is 0 Å². The second kappa shape index (κ2) is 12.5. The number of amides is 1. The third-order valence-electron chi connectivity index (χ3n) is 5.74. The van der Waals surface area contributed by atoms with E-state index in [0.717, 1.165) is 48.2 Å². The molecular formula is C26H32FN3O3S. The first-order valence-electron chi connectivity index (χ1n) is 11.6. The van der Waals surface area contributed by atoms with E-state index in [1.165, 1.54) is 17.0 Å². The van der Waals surface area contributed by atoms with Gasteiger partial charge in [0.1, 0.15) is 11.6 Å². The van der Waals surface area contributed by atoms with E-state index in [0.29, 0.717) is 19.4 Å². The monoisotopic (exact) mass is 485 g/mol. The van der Waals surface area contributed by atoms with Crippen LogP contribution >= 0.6 is 0 Å². The van der Waals surface area contributed by atoms with Crippen LogP contribution in [0, 0.1) is 5.82 Å². The molecule has 2 aromatic carbocycles. The SMILES string of the molecule is CN(CCCCCc1cc(-c2ccc(F)cc2)n[nH]1)C(=O)CS(=O)(=O)CCCc1ccccc1. The summed E-state index contributed by atoms with van der Waals surface area (Å²) < 4.78 is 37.7. The fourth-order valence-electron chi connectivity index (χ4n) is 3.74. The molecule has 8 heteroatoms. The molecule has 0 unspecified atom stereocenters. The first-order chi connectivity index (χ1) is 16.3. The summed E-state index contributed by atoms with van der Waals surface area (Å²) in [7, 11) is -1.75. The molecule has 182 valence electrons. The number of nitrogens with one attached hydrogen (secondary N) is 1. The van der Waals surface area contributed by atoms with Crippen molar-refractivity contribution < 1.29 is 17.6 Å². The summed E-state index contributed by atoms with van der Waals surface area (Å²) in [5.41, 5.74) is 3.75. The Bertz CT molecular complexity index is 1150. The molecule has 0 fully saturated rings. The maximum absolute atomic E-state index is 13.1. The number of H-pyrrole nitrogens is 1. The highest BCUT2D eigenvalue weighted by Crippen LogP contribution is 2.19. The van der Waals surface area contributed by atoms with E-state index in [2.05, 4.69) is 10.2 Å². The molecular weight excluding hydrogens is 453 g/mol. The van der Waals surface area contributed by atoms with Crippen LogP contribution in [0.15, 0.2) is 60.7 Å². The summed E-state index contributed by atoms with van der Waals surface area (Å²) in [6.07, 6.45) is 4.65. The zero-order valence-corrected chi connectivity index (χ0v) is 20.4. The van der Waals surface area contributed by atoms with Crippen molar-refractivity contribution >= 4 is 15.7 Å². The summed E-state index contributed by atoms with van der Waals surface area (Å²) in [4.78, 5) is 13.9. The van der Waals surface area contributed by atoms with E-state index < -0.39 is 15.6 Å². The van der Waals surface area contributed by atoms with Gasteiger partial charge in [-0.1, -0.05) is 36.8 Å². The van der Waals surface area contributed by atoms with Gasteiger partial charge in [0.2, 0.25) is 5.91 Å². The number of aromatic nitrogens is 2. The number of hydrogen-bond donors (Lipinski definition) is 1. The van der Waals surface area contributed by atoms with Crippen LogP contribution in [-0.4, -0.2) is 54.5 Å². The molecule has 0 spiro atoms. The van der Waals surface area contributed by atoms with Gasteiger partial charge in [0.25, 0.3) is 0 Å². The highest BCUT2D eigenvalue weighted by atomic mass is 32.2. The summed E-state index contributed by atoms with van der Waals surface area (Å²) in [6, 6.07) is 17.9. The topological polar surface area (TPSA) is 83.1 Å². The van der Waals surface area contributed by atoms with Crippen LogP contribution in [0.5, 0.6) is 0 Å². The largest absolute Gasteiger partial charge is 0.345 e. The number of hydrogen-bond acceptors (Lipinski definition) is 4. The van der Waals surface area contributed by atoms with Gasteiger partial charge in [-0.3, -0.25) is 9.89 Å². The summed E-state index contributed by atoms with van der Waals surface area (Å²) >= 11 is 0. The molecule has 0 atom stereocenters. The number of benzene rings is 2. The maximum Gasteiger partial charge on any atom is 0.237 e. The van der Waals surface area contributed by atoms with Gasteiger partial charge in [-0.2, -0.15) is 5.10 Å². The number of aryl methyl sites for hydroxylation is 2. The number of carbonyl (C=O) groups is 1. The van der Waals surface area contributed by atoms with E-state index in [4.69, 9.17) is 0 Å². The Morgan fingerprint density at radius 2 is 1.71 bits per heavy atom. The smallest absolute Gasteiger partial charge is 0.237 e. The molecule has 3 rings (SSSR count). The van der Waals surface area contributed by atoms with Crippen molar-refractivity contribution in [2.45, 2.75) is 38.5 Å². The third kappa shape index (κ3) is 8.41. The minimum absolute atomic E-state index is 0.0194. The van der Waals surface area contributed by atoms with Crippen molar-refractivity contribution in [1.29, 1.82) is 0 Å². The molecule has 0 aliphatic heterocycles. The van der Waals surface area contributed by atoms with Crippen molar-refractivity contribution in [1.82, 2.24) is 15.1 Å². The Balaban J connectivity index is 1.31. The van der Waals surface area contributed by atoms with E-state index >= 15 is 0 Å². The Morgan fingerprint density at radius 3 is 2.44 bits per heavy atom. The second-order valence-electron chi connectivity index (χ2n) is 8.59. The number of nitrogens with zero attached hydrogens (tertiary/aromatic N) is 2.